The van der Waals surface area contributed by atoms with Gasteiger partial charge < -0.3 is 15.7 Å². The van der Waals surface area contributed by atoms with Crippen LogP contribution in [0.4, 0.5) is 5.69 Å². The van der Waals surface area contributed by atoms with Crippen molar-refractivity contribution in [2.45, 2.75) is 37.8 Å². The lowest BCUT2D eigenvalue weighted by molar-refractivity contribution is -0.135. The minimum atomic E-state index is -1.09. The van der Waals surface area contributed by atoms with E-state index in [-0.39, 0.29) is 23.8 Å². The summed E-state index contributed by atoms with van der Waals surface area (Å²) in [5.41, 5.74) is 5.79. The van der Waals surface area contributed by atoms with Crippen LogP contribution in [-0.2, 0) is 17.8 Å². The van der Waals surface area contributed by atoms with Gasteiger partial charge in [0.1, 0.15) is 16.0 Å². The molecule has 9 heteroatoms. The zero-order valence-corrected chi connectivity index (χ0v) is 18.5. The second-order valence-electron chi connectivity index (χ2n) is 7.55. The fourth-order valence-electron chi connectivity index (χ4n) is 3.59. The Kier molecular flexibility index (Phi) is 7.04. The molecule has 1 aromatic carbocycles. The monoisotopic (exact) mass is 475 g/mol. The Morgan fingerprint density at radius 3 is 2.60 bits per heavy atom. The average molecular weight is 476 g/mol. The summed E-state index contributed by atoms with van der Waals surface area (Å²) in [6.45, 7) is 0.984. The molecule has 1 saturated heterocycles. The van der Waals surface area contributed by atoms with Gasteiger partial charge in [-0.2, -0.15) is 0 Å². The van der Waals surface area contributed by atoms with E-state index in [0.29, 0.717) is 43.4 Å². The maximum atomic E-state index is 12.6. The molecule has 30 heavy (non-hydrogen) atoms. The number of amides is 1. The number of aliphatic imine (C=N–C) groups is 1. The minimum absolute atomic E-state index is 0.0212. The molecular formula is C21H26BrN5O3. The first-order valence-corrected chi connectivity index (χ1v) is 10.6. The molecule has 0 unspecified atom stereocenters. The number of hydrogen-bond acceptors (Lipinski definition) is 6. The predicted octanol–water partition coefficient (Wildman–Crippen LogP) is 1.58. The lowest BCUT2D eigenvalue weighted by atomic mass is 9.91. The van der Waals surface area contributed by atoms with Crippen LogP contribution in [-0.4, -0.2) is 55.8 Å². The quantitative estimate of drug-likeness (QED) is 0.615. The summed E-state index contributed by atoms with van der Waals surface area (Å²) in [5, 5.41) is 11.0. The van der Waals surface area contributed by atoms with Crippen LogP contribution in [0.15, 0.2) is 46.4 Å². The molecule has 1 amide bonds. The second-order valence-corrected chi connectivity index (χ2v) is 8.30. The molecule has 0 spiro atoms. The van der Waals surface area contributed by atoms with Gasteiger partial charge in [0.05, 0.1) is 18.5 Å². The van der Waals surface area contributed by atoms with Crippen molar-refractivity contribution in [3.63, 3.8) is 0 Å². The smallest absolute Gasteiger partial charge is 0.277 e. The summed E-state index contributed by atoms with van der Waals surface area (Å²) in [6.07, 6.45) is 3.29. The van der Waals surface area contributed by atoms with E-state index in [1.54, 1.807) is 11.9 Å². The third-order valence-corrected chi connectivity index (χ3v) is 6.18. The second kappa shape index (κ2) is 9.53. The number of benzene rings is 1. The zero-order valence-electron chi connectivity index (χ0n) is 16.9. The number of anilines is 1. The molecule has 0 aliphatic carbocycles. The van der Waals surface area contributed by atoms with Crippen molar-refractivity contribution in [1.29, 1.82) is 0 Å². The first kappa shape index (κ1) is 22.2. The number of aryl methyl sites for hydroxylation is 1. The van der Waals surface area contributed by atoms with Crippen molar-refractivity contribution in [2.75, 3.05) is 25.9 Å². The number of aromatic nitrogens is 2. The fourth-order valence-corrected chi connectivity index (χ4v) is 3.91. The number of likely N-dealkylation sites (tertiary alicyclic amines) is 1. The lowest BCUT2D eigenvalue weighted by Gasteiger charge is -2.38. The standard InChI is InChI=1S/C21H26BrN5O3/c1-24-19(22)18-17(23)20(29)27(14-25-18)13-21(30)9-11-26(12-10-21)16(28)8-7-15-5-3-2-4-6-15/h2-6,14,30H,7-13,23H2,1H3. The molecule has 1 aromatic heterocycles. The molecular weight excluding hydrogens is 450 g/mol. The summed E-state index contributed by atoms with van der Waals surface area (Å²) in [4.78, 5) is 35.0. The highest BCUT2D eigenvalue weighted by Gasteiger charge is 2.34. The topological polar surface area (TPSA) is 114 Å². The lowest BCUT2D eigenvalue weighted by Crippen LogP contribution is -2.49. The highest BCUT2D eigenvalue weighted by Crippen LogP contribution is 2.24. The van der Waals surface area contributed by atoms with Crippen LogP contribution < -0.4 is 11.3 Å². The van der Waals surface area contributed by atoms with E-state index >= 15 is 0 Å². The van der Waals surface area contributed by atoms with Gasteiger partial charge in [-0.3, -0.25) is 19.1 Å². The number of aliphatic hydroxyl groups is 1. The molecule has 1 aliphatic rings. The Bertz CT molecular complexity index is 982. The summed E-state index contributed by atoms with van der Waals surface area (Å²) in [7, 11) is 1.56. The van der Waals surface area contributed by atoms with Crippen LogP contribution in [0.5, 0.6) is 0 Å². The van der Waals surface area contributed by atoms with Gasteiger partial charge >= 0.3 is 0 Å². The van der Waals surface area contributed by atoms with E-state index in [1.165, 1.54) is 10.9 Å². The maximum absolute atomic E-state index is 12.6. The van der Waals surface area contributed by atoms with Crippen molar-refractivity contribution in [1.82, 2.24) is 14.5 Å². The number of carbonyl (C=O) groups is 1. The number of carbonyl (C=O) groups excluding carboxylic acids is 1. The van der Waals surface area contributed by atoms with Crippen molar-refractivity contribution >= 4 is 32.1 Å². The zero-order chi connectivity index (χ0) is 21.7. The van der Waals surface area contributed by atoms with E-state index in [4.69, 9.17) is 5.73 Å². The van der Waals surface area contributed by atoms with Crippen molar-refractivity contribution < 1.29 is 9.90 Å². The molecule has 2 heterocycles. The Morgan fingerprint density at radius 1 is 1.30 bits per heavy atom. The number of piperidine rings is 1. The summed E-state index contributed by atoms with van der Waals surface area (Å²) < 4.78 is 1.71. The highest BCUT2D eigenvalue weighted by atomic mass is 79.9. The number of halogens is 1. The van der Waals surface area contributed by atoms with Crippen LogP contribution in [0.3, 0.4) is 0 Å². The molecule has 1 fully saturated rings. The van der Waals surface area contributed by atoms with E-state index in [2.05, 4.69) is 25.9 Å². The van der Waals surface area contributed by atoms with Crippen molar-refractivity contribution in [3.05, 3.63) is 58.3 Å². The Balaban J connectivity index is 1.59. The predicted molar refractivity (Wildman–Crippen MR) is 120 cm³/mol. The number of nitrogen functional groups attached to an aromatic ring is 1. The summed E-state index contributed by atoms with van der Waals surface area (Å²) >= 11 is 3.22. The molecule has 8 nitrogen and oxygen atoms in total. The molecule has 1 aliphatic heterocycles. The first-order chi connectivity index (χ1) is 14.3. The first-order valence-electron chi connectivity index (χ1n) is 9.84. The molecule has 3 N–H and O–H groups in total. The highest BCUT2D eigenvalue weighted by molar-refractivity contribution is 9.18. The van der Waals surface area contributed by atoms with Gasteiger partial charge in [-0.15, -0.1) is 0 Å². The maximum Gasteiger partial charge on any atom is 0.277 e. The third-order valence-electron chi connectivity index (χ3n) is 5.45. The molecule has 2 aromatic rings. The Morgan fingerprint density at radius 2 is 1.97 bits per heavy atom. The Hall–Kier alpha value is -2.52. The Labute approximate surface area is 183 Å². The van der Waals surface area contributed by atoms with Gasteiger partial charge in [-0.05, 0) is 40.8 Å². The molecule has 0 saturated carbocycles. The molecule has 0 radical (unpaired) electrons. The average Bonchev–Trinajstić information content (AvgIpc) is 2.76. The van der Waals surface area contributed by atoms with Crippen molar-refractivity contribution in [3.8, 4) is 0 Å². The largest absolute Gasteiger partial charge is 0.392 e. The number of hydrogen-bond donors (Lipinski definition) is 2. The number of rotatable bonds is 6. The summed E-state index contributed by atoms with van der Waals surface area (Å²) in [5.74, 6) is 0.0806. The minimum Gasteiger partial charge on any atom is -0.392 e. The van der Waals surface area contributed by atoms with Gasteiger partial charge in [0.25, 0.3) is 5.56 Å². The molecule has 0 bridgehead atoms. The molecule has 3 rings (SSSR count). The number of nitrogens with zero attached hydrogens (tertiary/aromatic N) is 4. The van der Waals surface area contributed by atoms with Gasteiger partial charge in [-0.1, -0.05) is 30.3 Å². The van der Waals surface area contributed by atoms with E-state index in [9.17, 15) is 14.7 Å². The van der Waals surface area contributed by atoms with Crippen LogP contribution >= 0.6 is 15.9 Å². The number of nitrogens with two attached hydrogens (primary N) is 1. The van der Waals surface area contributed by atoms with E-state index in [0.717, 1.165) is 5.56 Å². The van der Waals surface area contributed by atoms with Crippen LogP contribution in [0.25, 0.3) is 0 Å². The van der Waals surface area contributed by atoms with Crippen molar-refractivity contribution in [2.24, 2.45) is 4.99 Å². The van der Waals surface area contributed by atoms with Gasteiger partial charge in [0.15, 0.2) is 0 Å². The molecule has 0 atom stereocenters. The van der Waals surface area contributed by atoms with Gasteiger partial charge in [0, 0.05) is 26.6 Å². The van der Waals surface area contributed by atoms with Crippen LogP contribution in [0, 0.1) is 0 Å². The van der Waals surface area contributed by atoms with Gasteiger partial charge in [-0.25, -0.2) is 4.98 Å². The third kappa shape index (κ3) is 5.14. The van der Waals surface area contributed by atoms with E-state index < -0.39 is 11.2 Å². The summed E-state index contributed by atoms with van der Waals surface area (Å²) in [6, 6.07) is 9.90. The fraction of sp³-hybridized carbons (Fsp3) is 0.429. The normalized spacial score (nSPS) is 16.5. The van der Waals surface area contributed by atoms with Crippen LogP contribution in [0.2, 0.25) is 0 Å². The van der Waals surface area contributed by atoms with E-state index in [1.807, 2.05) is 30.3 Å². The molecule has 160 valence electrons. The van der Waals surface area contributed by atoms with Crippen LogP contribution in [0.1, 0.15) is 30.5 Å². The van der Waals surface area contributed by atoms with Gasteiger partial charge in [0.2, 0.25) is 5.91 Å². The SMILES string of the molecule is CN=C(Br)c1ncn(CC2(O)CCN(C(=O)CCc3ccccc3)CC2)c(=O)c1N.